The predicted molar refractivity (Wildman–Crippen MR) is 113 cm³/mol. The second kappa shape index (κ2) is 10.2. The minimum Gasteiger partial charge on any atom is -0.497 e. The summed E-state index contributed by atoms with van der Waals surface area (Å²) in [5.41, 5.74) is 1.15. The summed E-state index contributed by atoms with van der Waals surface area (Å²) >= 11 is 0. The van der Waals surface area contributed by atoms with E-state index < -0.39 is 12.7 Å². The van der Waals surface area contributed by atoms with Crippen LogP contribution in [0, 0.1) is 5.92 Å². The standard InChI is InChI=1S/C21H32F3N5O/c1-3-25-20(27-17-8-9-28(14-17)15-21(22,23)24)26-12-16-7-10-29(13-16)18-5-4-6-19(11-18)30-2/h4-6,11,16-17H,3,7-10,12-15H2,1-2H3,(H2,25,26,27). The van der Waals surface area contributed by atoms with Gasteiger partial charge in [0.05, 0.1) is 13.7 Å². The lowest BCUT2D eigenvalue weighted by Crippen LogP contribution is -2.45. The average Bonchev–Trinajstić information content (AvgIpc) is 3.34. The number of nitrogens with one attached hydrogen (secondary N) is 2. The molecule has 2 aliphatic heterocycles. The Kier molecular flexibility index (Phi) is 7.69. The first-order valence-corrected chi connectivity index (χ1v) is 10.6. The summed E-state index contributed by atoms with van der Waals surface area (Å²) in [7, 11) is 1.67. The maximum absolute atomic E-state index is 12.6. The van der Waals surface area contributed by atoms with E-state index in [2.05, 4.69) is 21.6 Å². The fraction of sp³-hybridized carbons (Fsp3) is 0.667. The molecule has 6 nitrogen and oxygen atoms in total. The van der Waals surface area contributed by atoms with Crippen LogP contribution in [0.1, 0.15) is 19.8 Å². The van der Waals surface area contributed by atoms with Gasteiger partial charge in [-0.15, -0.1) is 0 Å². The van der Waals surface area contributed by atoms with Gasteiger partial charge in [-0.3, -0.25) is 9.89 Å². The number of methoxy groups -OCH3 is 1. The molecule has 0 saturated carbocycles. The van der Waals surface area contributed by atoms with Gasteiger partial charge < -0.3 is 20.3 Å². The van der Waals surface area contributed by atoms with E-state index in [0.717, 1.165) is 30.9 Å². The zero-order valence-corrected chi connectivity index (χ0v) is 17.7. The van der Waals surface area contributed by atoms with Crippen LogP contribution < -0.4 is 20.3 Å². The lowest BCUT2D eigenvalue weighted by atomic mass is 10.1. The number of benzene rings is 1. The van der Waals surface area contributed by atoms with Crippen LogP contribution >= 0.6 is 0 Å². The third-order valence-electron chi connectivity index (χ3n) is 5.57. The van der Waals surface area contributed by atoms with Crippen LogP contribution in [0.3, 0.4) is 0 Å². The molecule has 0 spiro atoms. The van der Waals surface area contributed by atoms with Crippen LogP contribution in [0.15, 0.2) is 29.3 Å². The molecule has 2 saturated heterocycles. The summed E-state index contributed by atoms with van der Waals surface area (Å²) in [6, 6.07) is 8.06. The number of likely N-dealkylation sites (tertiary alicyclic amines) is 1. The average molecular weight is 428 g/mol. The van der Waals surface area contributed by atoms with Gasteiger partial charge in [-0.25, -0.2) is 0 Å². The minimum atomic E-state index is -4.15. The third kappa shape index (κ3) is 6.68. The summed E-state index contributed by atoms with van der Waals surface area (Å²) in [6.07, 6.45) is -2.40. The molecule has 0 bridgehead atoms. The van der Waals surface area contributed by atoms with Crippen molar-refractivity contribution in [2.24, 2.45) is 10.9 Å². The molecule has 1 aromatic carbocycles. The van der Waals surface area contributed by atoms with E-state index in [4.69, 9.17) is 9.73 Å². The van der Waals surface area contributed by atoms with Gasteiger partial charge in [0, 0.05) is 57.1 Å². The zero-order chi connectivity index (χ0) is 21.6. The van der Waals surface area contributed by atoms with Crippen molar-refractivity contribution >= 4 is 11.6 Å². The zero-order valence-electron chi connectivity index (χ0n) is 17.7. The number of halogens is 3. The highest BCUT2D eigenvalue weighted by atomic mass is 19.4. The molecule has 168 valence electrons. The van der Waals surface area contributed by atoms with E-state index in [1.807, 2.05) is 25.1 Å². The van der Waals surface area contributed by atoms with Gasteiger partial charge in [-0.2, -0.15) is 13.2 Å². The van der Waals surface area contributed by atoms with Gasteiger partial charge in [0.1, 0.15) is 5.75 Å². The number of rotatable bonds is 7. The van der Waals surface area contributed by atoms with Gasteiger partial charge in [-0.1, -0.05) is 6.07 Å². The number of hydrogen-bond acceptors (Lipinski definition) is 4. The lowest BCUT2D eigenvalue weighted by molar-refractivity contribution is -0.143. The van der Waals surface area contributed by atoms with E-state index in [1.165, 1.54) is 4.90 Å². The fourth-order valence-corrected chi connectivity index (χ4v) is 4.10. The van der Waals surface area contributed by atoms with Gasteiger partial charge in [0.2, 0.25) is 0 Å². The smallest absolute Gasteiger partial charge is 0.401 e. The van der Waals surface area contributed by atoms with Crippen molar-refractivity contribution in [3.8, 4) is 5.75 Å². The van der Waals surface area contributed by atoms with Crippen LogP contribution in [0.5, 0.6) is 5.75 Å². The molecule has 0 radical (unpaired) electrons. The molecule has 2 N–H and O–H groups in total. The molecule has 2 aliphatic rings. The van der Waals surface area contributed by atoms with Gasteiger partial charge >= 0.3 is 6.18 Å². The van der Waals surface area contributed by atoms with Crippen LogP contribution in [-0.4, -0.2) is 76.0 Å². The summed E-state index contributed by atoms with van der Waals surface area (Å²) < 4.78 is 43.1. The Morgan fingerprint density at radius 1 is 1.23 bits per heavy atom. The quantitative estimate of drug-likeness (QED) is 0.518. The molecule has 1 aromatic rings. The van der Waals surface area contributed by atoms with E-state index in [1.54, 1.807) is 7.11 Å². The second-order valence-corrected chi connectivity index (χ2v) is 8.00. The van der Waals surface area contributed by atoms with Crippen molar-refractivity contribution in [2.75, 3.05) is 57.8 Å². The minimum absolute atomic E-state index is 0.0120. The number of nitrogens with zero attached hydrogens (tertiary/aromatic N) is 3. The van der Waals surface area contributed by atoms with Crippen molar-refractivity contribution in [2.45, 2.75) is 32.0 Å². The Hall–Kier alpha value is -2.16. The Bertz CT molecular complexity index is 712. The first-order chi connectivity index (χ1) is 14.4. The molecular weight excluding hydrogens is 395 g/mol. The third-order valence-corrected chi connectivity index (χ3v) is 5.57. The van der Waals surface area contributed by atoms with Crippen molar-refractivity contribution in [3.05, 3.63) is 24.3 Å². The van der Waals surface area contributed by atoms with Gasteiger partial charge in [-0.05, 0) is 37.8 Å². The SMILES string of the molecule is CCNC(=NCC1CCN(c2cccc(OC)c2)C1)NC1CCN(CC(F)(F)F)C1. The van der Waals surface area contributed by atoms with Crippen molar-refractivity contribution in [3.63, 3.8) is 0 Å². The first-order valence-electron chi connectivity index (χ1n) is 10.6. The Morgan fingerprint density at radius 3 is 2.80 bits per heavy atom. The van der Waals surface area contributed by atoms with E-state index >= 15 is 0 Å². The monoisotopic (exact) mass is 427 g/mol. The largest absolute Gasteiger partial charge is 0.497 e. The number of ether oxygens (including phenoxy) is 1. The van der Waals surface area contributed by atoms with Crippen LogP contribution in [0.2, 0.25) is 0 Å². The molecule has 9 heteroatoms. The normalized spacial score (nSPS) is 23.1. The molecule has 2 heterocycles. The Balaban J connectivity index is 1.50. The van der Waals surface area contributed by atoms with Gasteiger partial charge in [0.25, 0.3) is 0 Å². The maximum atomic E-state index is 12.6. The number of aliphatic imine (C=N–C) groups is 1. The molecule has 30 heavy (non-hydrogen) atoms. The number of alkyl halides is 3. The number of anilines is 1. The highest BCUT2D eigenvalue weighted by Crippen LogP contribution is 2.27. The predicted octanol–water partition coefficient (Wildman–Crippen LogP) is 2.71. The van der Waals surface area contributed by atoms with Gasteiger partial charge in [0.15, 0.2) is 5.96 Å². The van der Waals surface area contributed by atoms with Crippen molar-refractivity contribution < 1.29 is 17.9 Å². The van der Waals surface area contributed by atoms with E-state index in [9.17, 15) is 13.2 Å². The van der Waals surface area contributed by atoms with E-state index in [0.29, 0.717) is 44.5 Å². The fourth-order valence-electron chi connectivity index (χ4n) is 4.10. The summed E-state index contributed by atoms with van der Waals surface area (Å²) in [5, 5.41) is 6.54. The van der Waals surface area contributed by atoms with Crippen LogP contribution in [-0.2, 0) is 0 Å². The molecular formula is C21H32F3N5O. The van der Waals surface area contributed by atoms with Crippen molar-refractivity contribution in [1.29, 1.82) is 0 Å². The molecule has 0 aromatic heterocycles. The molecule has 0 amide bonds. The molecule has 3 rings (SSSR count). The summed E-state index contributed by atoms with van der Waals surface area (Å²) in [5.74, 6) is 1.98. The molecule has 2 unspecified atom stereocenters. The number of hydrogen-bond donors (Lipinski definition) is 2. The second-order valence-electron chi connectivity index (χ2n) is 8.00. The Morgan fingerprint density at radius 2 is 2.07 bits per heavy atom. The molecule has 2 atom stereocenters. The van der Waals surface area contributed by atoms with Crippen LogP contribution in [0.25, 0.3) is 0 Å². The molecule has 0 aliphatic carbocycles. The highest BCUT2D eigenvalue weighted by molar-refractivity contribution is 5.80. The lowest BCUT2D eigenvalue weighted by Gasteiger charge is -2.20. The Labute approximate surface area is 176 Å². The van der Waals surface area contributed by atoms with E-state index in [-0.39, 0.29) is 6.04 Å². The maximum Gasteiger partial charge on any atom is 0.401 e. The number of guanidine groups is 1. The summed E-state index contributed by atoms with van der Waals surface area (Å²) in [6.45, 7) is 5.29. The van der Waals surface area contributed by atoms with Crippen LogP contribution in [0.4, 0.5) is 18.9 Å². The topological polar surface area (TPSA) is 52.1 Å². The first kappa shape index (κ1) is 22.5. The summed E-state index contributed by atoms with van der Waals surface area (Å²) in [4.78, 5) is 8.51. The van der Waals surface area contributed by atoms with Crippen molar-refractivity contribution in [1.82, 2.24) is 15.5 Å². The highest BCUT2D eigenvalue weighted by Gasteiger charge is 2.34. The molecule has 2 fully saturated rings.